The number of hydrogen-bond acceptors (Lipinski definition) is 3. The number of rotatable bonds is 7. The summed E-state index contributed by atoms with van der Waals surface area (Å²) in [5.41, 5.74) is 1.26. The molecule has 0 saturated carbocycles. The summed E-state index contributed by atoms with van der Waals surface area (Å²) in [7, 11) is 0. The molecular weight excluding hydrogens is 342 g/mol. The van der Waals surface area contributed by atoms with Crippen molar-refractivity contribution in [3.05, 3.63) is 70.7 Å². The number of hydrogen-bond donors (Lipinski definition) is 3. The summed E-state index contributed by atoms with van der Waals surface area (Å²) in [5, 5.41) is 7.90. The van der Waals surface area contributed by atoms with E-state index in [2.05, 4.69) is 16.0 Å². The molecule has 2 aromatic rings. The van der Waals surface area contributed by atoms with Crippen LogP contribution in [0.1, 0.15) is 15.9 Å². The largest absolute Gasteiger partial charge is 0.350 e. The minimum absolute atomic E-state index is 0.159. The molecule has 0 spiro atoms. The lowest BCUT2D eigenvalue weighted by Gasteiger charge is -2.08. The molecule has 0 fully saturated rings. The SMILES string of the molecule is O=C(CNC(=O)CNC(=O)c1ccccc1Cl)NCc1ccccc1. The topological polar surface area (TPSA) is 87.3 Å². The molecular formula is C18H18ClN3O3. The van der Waals surface area contributed by atoms with Crippen LogP contribution in [-0.4, -0.2) is 30.8 Å². The first-order valence-corrected chi connectivity index (χ1v) is 8.04. The van der Waals surface area contributed by atoms with Gasteiger partial charge in [0, 0.05) is 6.54 Å². The molecule has 0 aromatic heterocycles. The van der Waals surface area contributed by atoms with Gasteiger partial charge < -0.3 is 16.0 Å². The summed E-state index contributed by atoms with van der Waals surface area (Å²) >= 11 is 5.91. The molecule has 25 heavy (non-hydrogen) atoms. The molecule has 3 amide bonds. The van der Waals surface area contributed by atoms with Gasteiger partial charge in [0.05, 0.1) is 23.7 Å². The molecule has 2 aromatic carbocycles. The second-order valence-corrected chi connectivity index (χ2v) is 5.61. The lowest BCUT2D eigenvalue weighted by molar-refractivity contribution is -0.125. The number of halogens is 1. The van der Waals surface area contributed by atoms with Crippen molar-refractivity contribution in [2.75, 3.05) is 13.1 Å². The maximum Gasteiger partial charge on any atom is 0.253 e. The van der Waals surface area contributed by atoms with Gasteiger partial charge in [0.25, 0.3) is 5.91 Å². The van der Waals surface area contributed by atoms with Crippen molar-refractivity contribution >= 4 is 29.3 Å². The first-order valence-electron chi connectivity index (χ1n) is 7.66. The zero-order valence-corrected chi connectivity index (χ0v) is 14.2. The van der Waals surface area contributed by atoms with Crippen LogP contribution in [0.3, 0.4) is 0 Å². The van der Waals surface area contributed by atoms with Gasteiger partial charge in [0.1, 0.15) is 0 Å². The second-order valence-electron chi connectivity index (χ2n) is 5.20. The van der Waals surface area contributed by atoms with Crippen LogP contribution < -0.4 is 16.0 Å². The van der Waals surface area contributed by atoms with Crippen LogP contribution in [0.5, 0.6) is 0 Å². The van der Waals surface area contributed by atoms with E-state index in [1.54, 1.807) is 24.3 Å². The van der Waals surface area contributed by atoms with Crippen molar-refractivity contribution in [3.63, 3.8) is 0 Å². The van der Waals surface area contributed by atoms with Crippen molar-refractivity contribution < 1.29 is 14.4 Å². The Bertz CT molecular complexity index is 750. The van der Waals surface area contributed by atoms with Gasteiger partial charge in [-0.25, -0.2) is 0 Å². The first kappa shape index (κ1) is 18.5. The predicted octanol–water partition coefficient (Wildman–Crippen LogP) is 1.50. The molecule has 0 radical (unpaired) electrons. The number of nitrogens with one attached hydrogen (secondary N) is 3. The van der Waals surface area contributed by atoms with E-state index in [-0.39, 0.29) is 24.6 Å². The van der Waals surface area contributed by atoms with Crippen LogP contribution in [-0.2, 0) is 16.1 Å². The Labute approximate surface area is 150 Å². The highest BCUT2D eigenvalue weighted by atomic mass is 35.5. The number of amides is 3. The fraction of sp³-hybridized carbons (Fsp3) is 0.167. The predicted molar refractivity (Wildman–Crippen MR) is 95.1 cm³/mol. The lowest BCUT2D eigenvalue weighted by atomic mass is 10.2. The summed E-state index contributed by atoms with van der Waals surface area (Å²) in [5.74, 6) is -1.22. The summed E-state index contributed by atoms with van der Waals surface area (Å²) in [6.45, 7) is -0.0115. The molecule has 0 aliphatic carbocycles. The fourth-order valence-electron chi connectivity index (χ4n) is 2.00. The summed E-state index contributed by atoms with van der Waals surface area (Å²) in [6, 6.07) is 16.0. The Balaban J connectivity index is 1.67. The minimum atomic E-state index is -0.463. The maximum atomic E-state index is 11.9. The van der Waals surface area contributed by atoms with Crippen molar-refractivity contribution in [2.45, 2.75) is 6.54 Å². The lowest BCUT2D eigenvalue weighted by Crippen LogP contribution is -2.41. The van der Waals surface area contributed by atoms with Gasteiger partial charge in [-0.3, -0.25) is 14.4 Å². The monoisotopic (exact) mass is 359 g/mol. The fourth-order valence-corrected chi connectivity index (χ4v) is 2.22. The average molecular weight is 360 g/mol. The summed E-state index contributed by atoms with van der Waals surface area (Å²) in [4.78, 5) is 35.3. The highest BCUT2D eigenvalue weighted by molar-refractivity contribution is 6.33. The van der Waals surface area contributed by atoms with E-state index >= 15 is 0 Å². The average Bonchev–Trinajstić information content (AvgIpc) is 2.64. The third kappa shape index (κ3) is 6.27. The van der Waals surface area contributed by atoms with E-state index in [0.717, 1.165) is 5.56 Å². The van der Waals surface area contributed by atoms with Gasteiger partial charge in [-0.1, -0.05) is 54.1 Å². The van der Waals surface area contributed by atoms with Gasteiger partial charge in [-0.05, 0) is 17.7 Å². The molecule has 0 aliphatic rings. The van der Waals surface area contributed by atoms with Crippen LogP contribution in [0.25, 0.3) is 0 Å². The van der Waals surface area contributed by atoms with E-state index in [0.29, 0.717) is 11.6 Å². The summed E-state index contributed by atoms with van der Waals surface area (Å²) in [6.07, 6.45) is 0. The Morgan fingerprint density at radius 2 is 1.36 bits per heavy atom. The normalized spacial score (nSPS) is 9.96. The van der Waals surface area contributed by atoms with E-state index in [1.165, 1.54) is 0 Å². The number of carbonyl (C=O) groups excluding carboxylic acids is 3. The van der Waals surface area contributed by atoms with E-state index in [4.69, 9.17) is 11.6 Å². The standard InChI is InChI=1S/C18H18ClN3O3/c19-15-9-5-4-8-14(15)18(25)22-12-17(24)21-11-16(23)20-10-13-6-2-1-3-7-13/h1-9H,10-12H2,(H,20,23)(H,21,24)(H,22,25). The zero-order chi connectivity index (χ0) is 18.1. The van der Waals surface area contributed by atoms with E-state index < -0.39 is 11.8 Å². The number of carbonyl (C=O) groups is 3. The van der Waals surface area contributed by atoms with Gasteiger partial charge in [0.15, 0.2) is 0 Å². The Kier molecular flexibility index (Phi) is 6.98. The van der Waals surface area contributed by atoms with Crippen molar-refractivity contribution in [3.8, 4) is 0 Å². The minimum Gasteiger partial charge on any atom is -0.350 e. The van der Waals surface area contributed by atoms with Gasteiger partial charge >= 0.3 is 0 Å². The van der Waals surface area contributed by atoms with Crippen LogP contribution in [0.15, 0.2) is 54.6 Å². The van der Waals surface area contributed by atoms with Crippen molar-refractivity contribution in [1.82, 2.24) is 16.0 Å². The molecule has 0 aliphatic heterocycles. The molecule has 3 N–H and O–H groups in total. The highest BCUT2D eigenvalue weighted by Crippen LogP contribution is 2.14. The van der Waals surface area contributed by atoms with Crippen LogP contribution in [0.2, 0.25) is 5.02 Å². The molecule has 130 valence electrons. The highest BCUT2D eigenvalue weighted by Gasteiger charge is 2.11. The number of benzene rings is 2. The van der Waals surface area contributed by atoms with Crippen molar-refractivity contribution in [2.24, 2.45) is 0 Å². The Hall–Kier alpha value is -2.86. The molecule has 7 heteroatoms. The maximum absolute atomic E-state index is 11.9. The van der Waals surface area contributed by atoms with Crippen LogP contribution in [0.4, 0.5) is 0 Å². The Morgan fingerprint density at radius 3 is 2.08 bits per heavy atom. The first-order chi connectivity index (χ1) is 12.1. The third-order valence-electron chi connectivity index (χ3n) is 3.31. The molecule has 0 saturated heterocycles. The van der Waals surface area contributed by atoms with Gasteiger partial charge in [0.2, 0.25) is 11.8 Å². The molecule has 0 heterocycles. The van der Waals surface area contributed by atoms with Crippen molar-refractivity contribution in [1.29, 1.82) is 0 Å². The molecule has 2 rings (SSSR count). The third-order valence-corrected chi connectivity index (χ3v) is 3.64. The molecule has 0 atom stereocenters. The van der Waals surface area contributed by atoms with Gasteiger partial charge in [-0.2, -0.15) is 0 Å². The van der Waals surface area contributed by atoms with Gasteiger partial charge in [-0.15, -0.1) is 0 Å². The van der Waals surface area contributed by atoms with E-state index in [9.17, 15) is 14.4 Å². The zero-order valence-electron chi connectivity index (χ0n) is 13.4. The smallest absolute Gasteiger partial charge is 0.253 e. The Morgan fingerprint density at radius 1 is 0.760 bits per heavy atom. The van der Waals surface area contributed by atoms with Crippen LogP contribution >= 0.6 is 11.6 Å². The molecule has 6 nitrogen and oxygen atoms in total. The quantitative estimate of drug-likeness (QED) is 0.700. The molecule has 0 unspecified atom stereocenters. The van der Waals surface area contributed by atoms with Crippen LogP contribution in [0, 0.1) is 0 Å². The second kappa shape index (κ2) is 9.44. The van der Waals surface area contributed by atoms with E-state index in [1.807, 2.05) is 30.3 Å². The summed E-state index contributed by atoms with van der Waals surface area (Å²) < 4.78 is 0. The molecule has 0 bridgehead atoms.